The Balaban J connectivity index is 1.66. The first kappa shape index (κ1) is 20.0. The van der Waals surface area contributed by atoms with Gasteiger partial charge < -0.3 is 10.5 Å². The van der Waals surface area contributed by atoms with E-state index in [0.29, 0.717) is 16.3 Å². The van der Waals surface area contributed by atoms with Gasteiger partial charge in [0.25, 0.3) is 0 Å². The molecule has 1 aromatic carbocycles. The van der Waals surface area contributed by atoms with Crippen molar-refractivity contribution in [2.24, 2.45) is 0 Å². The maximum Gasteiger partial charge on any atom is 0.341 e. The number of rotatable bonds is 5. The quantitative estimate of drug-likeness (QED) is 0.441. The molecular weight excluding hydrogens is 408 g/mol. The molecule has 6 nitrogen and oxygen atoms in total. The maximum atomic E-state index is 13.1. The number of fused-ring (bicyclic) bond motifs is 1. The normalized spacial score (nSPS) is 18.8. The molecule has 1 aromatic heterocycles. The molecule has 8 heteroatoms. The Hall–Kier alpha value is -2.32. The van der Waals surface area contributed by atoms with Gasteiger partial charge in [-0.15, -0.1) is 23.1 Å². The molecule has 2 heterocycles. The fraction of sp³-hybridized carbons (Fsp3) is 0.381. The van der Waals surface area contributed by atoms with Crippen LogP contribution in [0.1, 0.15) is 47.0 Å². The number of nitrogens with zero attached hydrogens (tertiary/aromatic N) is 1. The van der Waals surface area contributed by atoms with Crippen molar-refractivity contribution >= 4 is 51.6 Å². The van der Waals surface area contributed by atoms with Gasteiger partial charge in [0.05, 0.1) is 17.4 Å². The van der Waals surface area contributed by atoms with Crippen molar-refractivity contribution in [1.29, 1.82) is 0 Å². The highest BCUT2D eigenvalue weighted by atomic mass is 32.2. The van der Waals surface area contributed by atoms with Crippen LogP contribution in [0.2, 0.25) is 0 Å². The largest absolute Gasteiger partial charge is 0.462 e. The monoisotopic (exact) mass is 430 g/mol. The Kier molecular flexibility index (Phi) is 5.65. The number of nitrogen functional groups attached to an aromatic ring is 1. The van der Waals surface area contributed by atoms with Gasteiger partial charge in [0.15, 0.2) is 0 Å². The van der Waals surface area contributed by atoms with Gasteiger partial charge in [-0.25, -0.2) is 9.69 Å². The van der Waals surface area contributed by atoms with E-state index in [9.17, 15) is 14.4 Å². The van der Waals surface area contributed by atoms with Gasteiger partial charge in [0.2, 0.25) is 11.8 Å². The lowest BCUT2D eigenvalue weighted by molar-refractivity contribution is -0.121. The number of amides is 2. The molecule has 1 aliphatic heterocycles. The summed E-state index contributed by atoms with van der Waals surface area (Å²) in [6.07, 6.45) is 3.80. The van der Waals surface area contributed by atoms with E-state index in [1.165, 1.54) is 28.0 Å². The molecule has 152 valence electrons. The predicted molar refractivity (Wildman–Crippen MR) is 115 cm³/mol. The highest BCUT2D eigenvalue weighted by Crippen LogP contribution is 2.44. The summed E-state index contributed by atoms with van der Waals surface area (Å²) in [6, 6.07) is 7.23. The molecule has 0 spiro atoms. The summed E-state index contributed by atoms with van der Waals surface area (Å²) < 4.78 is 5.26. The summed E-state index contributed by atoms with van der Waals surface area (Å²) in [5.41, 5.74) is 7.72. The van der Waals surface area contributed by atoms with Crippen LogP contribution < -0.4 is 10.6 Å². The van der Waals surface area contributed by atoms with Gasteiger partial charge in [0.1, 0.15) is 5.00 Å². The Morgan fingerprint density at radius 2 is 1.97 bits per heavy atom. The second-order valence-corrected chi connectivity index (χ2v) is 9.42. The third kappa shape index (κ3) is 3.79. The summed E-state index contributed by atoms with van der Waals surface area (Å²) >= 11 is 2.74. The van der Waals surface area contributed by atoms with Crippen LogP contribution in [0.5, 0.6) is 0 Å². The van der Waals surface area contributed by atoms with E-state index < -0.39 is 11.2 Å². The smallest absolute Gasteiger partial charge is 0.341 e. The molecule has 2 aliphatic rings. The number of anilines is 2. The number of carbonyl (C=O) groups is 3. The molecular formula is C21H22N2O4S2. The second kappa shape index (κ2) is 8.20. The third-order valence-electron chi connectivity index (χ3n) is 5.10. The van der Waals surface area contributed by atoms with Crippen LogP contribution in [0.3, 0.4) is 0 Å². The summed E-state index contributed by atoms with van der Waals surface area (Å²) in [7, 11) is 0. The molecule has 4 rings (SSSR count). The topological polar surface area (TPSA) is 89.7 Å². The van der Waals surface area contributed by atoms with E-state index in [1.807, 2.05) is 12.1 Å². The molecule has 1 fully saturated rings. The van der Waals surface area contributed by atoms with Gasteiger partial charge in [-0.05, 0) is 62.4 Å². The van der Waals surface area contributed by atoms with Gasteiger partial charge in [-0.2, -0.15) is 0 Å². The van der Waals surface area contributed by atoms with Crippen molar-refractivity contribution in [1.82, 2.24) is 0 Å². The minimum atomic E-state index is -0.514. The van der Waals surface area contributed by atoms with Gasteiger partial charge >= 0.3 is 5.97 Å². The number of hydrogen-bond donors (Lipinski definition) is 1. The first-order valence-electron chi connectivity index (χ1n) is 9.70. The van der Waals surface area contributed by atoms with E-state index in [4.69, 9.17) is 10.5 Å². The van der Waals surface area contributed by atoms with Crippen molar-refractivity contribution in [2.75, 3.05) is 17.2 Å². The van der Waals surface area contributed by atoms with Crippen LogP contribution in [0.4, 0.5) is 10.7 Å². The lowest BCUT2D eigenvalue weighted by atomic mass is 9.95. The molecule has 0 radical (unpaired) electrons. The number of nitrogens with two attached hydrogens (primary N) is 1. The van der Waals surface area contributed by atoms with E-state index in [1.54, 1.807) is 19.1 Å². The van der Waals surface area contributed by atoms with Crippen LogP contribution in [0.15, 0.2) is 29.2 Å². The SMILES string of the molecule is CCOC(=O)c1c(N2C(=O)C[C@@H](Sc3ccc(N)cc3)C2=O)sc2c1CCCC2. The zero-order chi connectivity index (χ0) is 20.5. The van der Waals surface area contributed by atoms with E-state index in [0.717, 1.165) is 41.0 Å². The van der Waals surface area contributed by atoms with Crippen molar-refractivity contribution in [3.05, 3.63) is 40.3 Å². The Labute approximate surface area is 177 Å². The number of aryl methyl sites for hydroxylation is 1. The maximum absolute atomic E-state index is 13.1. The third-order valence-corrected chi connectivity index (χ3v) is 7.57. The van der Waals surface area contributed by atoms with E-state index in [2.05, 4.69) is 0 Å². The zero-order valence-electron chi connectivity index (χ0n) is 16.1. The van der Waals surface area contributed by atoms with Crippen molar-refractivity contribution in [3.8, 4) is 0 Å². The summed E-state index contributed by atoms with van der Waals surface area (Å²) in [4.78, 5) is 41.8. The van der Waals surface area contributed by atoms with Crippen LogP contribution in [0, 0.1) is 0 Å². The number of thioether (sulfide) groups is 1. The molecule has 0 saturated carbocycles. The first-order chi connectivity index (χ1) is 14.0. The summed E-state index contributed by atoms with van der Waals surface area (Å²) in [6.45, 7) is 2.00. The molecule has 1 atom stereocenters. The average Bonchev–Trinajstić information content (AvgIpc) is 3.20. The zero-order valence-corrected chi connectivity index (χ0v) is 17.7. The molecule has 0 unspecified atom stereocenters. The van der Waals surface area contributed by atoms with Crippen LogP contribution in [-0.2, 0) is 27.2 Å². The minimum Gasteiger partial charge on any atom is -0.462 e. The average molecular weight is 431 g/mol. The van der Waals surface area contributed by atoms with Crippen molar-refractivity contribution in [2.45, 2.75) is 49.2 Å². The number of carbonyl (C=O) groups excluding carboxylic acids is 3. The lowest BCUT2D eigenvalue weighted by Crippen LogP contribution is -2.32. The number of thiophene rings is 1. The van der Waals surface area contributed by atoms with Crippen molar-refractivity contribution in [3.63, 3.8) is 0 Å². The lowest BCUT2D eigenvalue weighted by Gasteiger charge is -2.16. The molecule has 0 bridgehead atoms. The first-order valence-corrected chi connectivity index (χ1v) is 11.4. The number of hydrogen-bond acceptors (Lipinski definition) is 7. The Bertz CT molecular complexity index is 968. The number of imide groups is 1. The van der Waals surface area contributed by atoms with Gasteiger partial charge in [-0.3, -0.25) is 9.59 Å². The number of esters is 1. The molecule has 1 saturated heterocycles. The van der Waals surface area contributed by atoms with Gasteiger partial charge in [0, 0.05) is 21.9 Å². The predicted octanol–water partition coefficient (Wildman–Crippen LogP) is 3.81. The van der Waals surface area contributed by atoms with Crippen LogP contribution in [-0.4, -0.2) is 29.6 Å². The molecule has 29 heavy (non-hydrogen) atoms. The molecule has 2 N–H and O–H groups in total. The molecule has 1 aliphatic carbocycles. The highest BCUT2D eigenvalue weighted by Gasteiger charge is 2.43. The summed E-state index contributed by atoms with van der Waals surface area (Å²) in [5, 5.41) is -0.0777. The highest BCUT2D eigenvalue weighted by molar-refractivity contribution is 8.00. The fourth-order valence-electron chi connectivity index (χ4n) is 3.74. The van der Waals surface area contributed by atoms with Crippen molar-refractivity contribution < 1.29 is 19.1 Å². The Morgan fingerprint density at radius 1 is 1.24 bits per heavy atom. The fourth-order valence-corrected chi connectivity index (χ4v) is 6.20. The Morgan fingerprint density at radius 3 is 2.69 bits per heavy atom. The molecule has 2 amide bonds. The van der Waals surface area contributed by atoms with E-state index in [-0.39, 0.29) is 24.8 Å². The van der Waals surface area contributed by atoms with Gasteiger partial charge in [-0.1, -0.05) is 0 Å². The summed E-state index contributed by atoms with van der Waals surface area (Å²) in [5.74, 6) is -0.995. The van der Waals surface area contributed by atoms with Crippen LogP contribution >= 0.6 is 23.1 Å². The molecule has 2 aromatic rings. The standard InChI is InChI=1S/C21H22N2O4S2/c1-2-27-21(26)18-14-5-3-4-6-15(14)29-20(18)23-17(24)11-16(19(23)25)28-13-9-7-12(22)8-10-13/h7-10,16H,2-6,11,22H2,1H3/t16-/m1/s1. The van der Waals surface area contributed by atoms with Crippen LogP contribution in [0.25, 0.3) is 0 Å². The second-order valence-electron chi connectivity index (χ2n) is 7.06. The number of benzene rings is 1. The van der Waals surface area contributed by atoms with E-state index >= 15 is 0 Å². The number of ether oxygens (including phenoxy) is 1. The minimum absolute atomic E-state index is 0.110.